The summed E-state index contributed by atoms with van der Waals surface area (Å²) in [5, 5.41) is 5.02. The first-order valence-electron chi connectivity index (χ1n) is 5.45. The molecule has 0 saturated carbocycles. The molecule has 1 saturated heterocycles. The normalized spacial score (nSPS) is 22.9. The van der Waals surface area contributed by atoms with Crippen LogP contribution in [0.1, 0.15) is 19.3 Å². The first-order chi connectivity index (χ1) is 7.68. The first kappa shape index (κ1) is 12.0. The Hall–Kier alpha value is -0.430. The van der Waals surface area contributed by atoms with Crippen LogP contribution >= 0.6 is 11.3 Å². The van der Waals surface area contributed by atoms with E-state index >= 15 is 0 Å². The summed E-state index contributed by atoms with van der Waals surface area (Å²) in [7, 11) is -3.30. The van der Waals surface area contributed by atoms with Gasteiger partial charge in [0.2, 0.25) is 10.0 Å². The van der Waals surface area contributed by atoms with Crippen LogP contribution in [0.5, 0.6) is 0 Å². The highest BCUT2D eigenvalue weighted by atomic mass is 32.2. The minimum atomic E-state index is -3.30. The summed E-state index contributed by atoms with van der Waals surface area (Å²) in [6.07, 6.45) is 3.11. The molecule has 1 atom stereocenters. The Bertz CT molecular complexity index is 406. The maximum atomic E-state index is 11.9. The minimum absolute atomic E-state index is 0.0228. The van der Waals surface area contributed by atoms with Gasteiger partial charge in [0.15, 0.2) is 0 Å². The number of thiophene rings is 1. The lowest BCUT2D eigenvalue weighted by atomic mass is 10.2. The molecule has 1 aliphatic rings. The number of hydrogen-bond acceptors (Lipinski definition) is 4. The van der Waals surface area contributed by atoms with Gasteiger partial charge in [0.05, 0.1) is 0 Å². The number of rotatable bonds is 3. The van der Waals surface area contributed by atoms with Gasteiger partial charge in [-0.3, -0.25) is 0 Å². The molecule has 2 rings (SSSR count). The van der Waals surface area contributed by atoms with Gasteiger partial charge >= 0.3 is 0 Å². The quantitative estimate of drug-likeness (QED) is 0.857. The van der Waals surface area contributed by atoms with E-state index in [1.807, 2.05) is 0 Å². The van der Waals surface area contributed by atoms with E-state index in [0.717, 1.165) is 32.4 Å². The fourth-order valence-electron chi connectivity index (χ4n) is 1.81. The number of nitrogens with one attached hydrogen (secondary N) is 2. The minimum Gasteiger partial charge on any atom is -0.315 e. The zero-order valence-electron chi connectivity index (χ0n) is 8.98. The van der Waals surface area contributed by atoms with Gasteiger partial charge in [-0.1, -0.05) is 12.5 Å². The van der Waals surface area contributed by atoms with Crippen LogP contribution in [0.15, 0.2) is 21.7 Å². The molecule has 4 nitrogen and oxygen atoms in total. The van der Waals surface area contributed by atoms with Crippen LogP contribution in [0, 0.1) is 0 Å². The third kappa shape index (κ3) is 3.04. The molecule has 16 heavy (non-hydrogen) atoms. The van der Waals surface area contributed by atoms with Crippen molar-refractivity contribution in [2.75, 3.05) is 13.1 Å². The molecule has 6 heteroatoms. The first-order valence-corrected chi connectivity index (χ1v) is 7.81. The molecule has 0 bridgehead atoms. The second kappa shape index (κ2) is 5.27. The van der Waals surface area contributed by atoms with Crippen molar-refractivity contribution in [2.24, 2.45) is 0 Å². The SMILES string of the molecule is O=S(=O)(NC1CCCCNC1)c1cccs1. The Morgan fingerprint density at radius 1 is 1.44 bits per heavy atom. The zero-order valence-corrected chi connectivity index (χ0v) is 10.6. The molecule has 0 radical (unpaired) electrons. The van der Waals surface area contributed by atoms with E-state index in [0.29, 0.717) is 4.21 Å². The van der Waals surface area contributed by atoms with E-state index in [2.05, 4.69) is 10.0 Å². The zero-order chi connectivity index (χ0) is 11.4. The van der Waals surface area contributed by atoms with Crippen molar-refractivity contribution in [3.63, 3.8) is 0 Å². The van der Waals surface area contributed by atoms with Crippen LogP contribution < -0.4 is 10.0 Å². The van der Waals surface area contributed by atoms with E-state index in [1.54, 1.807) is 17.5 Å². The van der Waals surface area contributed by atoms with Gasteiger partial charge in [-0.2, -0.15) is 0 Å². The largest absolute Gasteiger partial charge is 0.315 e. The average molecular weight is 260 g/mol. The summed E-state index contributed by atoms with van der Waals surface area (Å²) >= 11 is 1.25. The summed E-state index contributed by atoms with van der Waals surface area (Å²) < 4.78 is 27.0. The van der Waals surface area contributed by atoms with Crippen molar-refractivity contribution >= 4 is 21.4 Å². The second-order valence-electron chi connectivity index (χ2n) is 3.95. The number of hydrogen-bond donors (Lipinski definition) is 2. The molecular weight excluding hydrogens is 244 g/mol. The molecule has 90 valence electrons. The summed E-state index contributed by atoms with van der Waals surface area (Å²) in [4.78, 5) is 0. The smallest absolute Gasteiger partial charge is 0.250 e. The van der Waals surface area contributed by atoms with Gasteiger partial charge in [0.25, 0.3) is 0 Å². The van der Waals surface area contributed by atoms with Crippen molar-refractivity contribution in [1.82, 2.24) is 10.0 Å². The Labute approximate surface area is 100 Å². The van der Waals surface area contributed by atoms with Crippen LogP contribution in [0.3, 0.4) is 0 Å². The van der Waals surface area contributed by atoms with E-state index in [4.69, 9.17) is 0 Å². The summed E-state index contributed by atoms with van der Waals surface area (Å²) in [6, 6.07) is 3.41. The molecular formula is C10H16N2O2S2. The van der Waals surface area contributed by atoms with Crippen molar-refractivity contribution in [2.45, 2.75) is 29.5 Å². The van der Waals surface area contributed by atoms with Crippen LogP contribution in [0.4, 0.5) is 0 Å². The van der Waals surface area contributed by atoms with Crippen LogP contribution in [-0.4, -0.2) is 27.5 Å². The maximum Gasteiger partial charge on any atom is 0.250 e. The lowest BCUT2D eigenvalue weighted by Crippen LogP contribution is -2.40. The maximum absolute atomic E-state index is 11.9. The van der Waals surface area contributed by atoms with Crippen LogP contribution in [0.2, 0.25) is 0 Å². The highest BCUT2D eigenvalue weighted by Gasteiger charge is 2.21. The third-order valence-corrected chi connectivity index (χ3v) is 5.55. The van der Waals surface area contributed by atoms with Crippen molar-refractivity contribution in [3.05, 3.63) is 17.5 Å². The Morgan fingerprint density at radius 2 is 2.31 bits per heavy atom. The Balaban J connectivity index is 2.03. The molecule has 1 fully saturated rings. The monoisotopic (exact) mass is 260 g/mol. The van der Waals surface area contributed by atoms with E-state index in [9.17, 15) is 8.42 Å². The van der Waals surface area contributed by atoms with Crippen LogP contribution in [0.25, 0.3) is 0 Å². The van der Waals surface area contributed by atoms with Gasteiger partial charge < -0.3 is 5.32 Å². The highest BCUT2D eigenvalue weighted by molar-refractivity contribution is 7.91. The molecule has 0 amide bonds. The number of sulfonamides is 1. The average Bonchev–Trinajstić information content (AvgIpc) is 2.67. The molecule has 2 N–H and O–H groups in total. The van der Waals surface area contributed by atoms with Gasteiger partial charge in [-0.05, 0) is 30.8 Å². The molecule has 1 aliphatic heterocycles. The van der Waals surface area contributed by atoms with Gasteiger partial charge in [-0.15, -0.1) is 11.3 Å². The fraction of sp³-hybridized carbons (Fsp3) is 0.600. The predicted octanol–water partition coefficient (Wildman–Crippen LogP) is 1.17. The van der Waals surface area contributed by atoms with E-state index in [1.165, 1.54) is 11.3 Å². The molecule has 0 spiro atoms. The van der Waals surface area contributed by atoms with Crippen LogP contribution in [-0.2, 0) is 10.0 Å². The predicted molar refractivity (Wildman–Crippen MR) is 65.1 cm³/mol. The van der Waals surface area contributed by atoms with E-state index in [-0.39, 0.29) is 6.04 Å². The standard InChI is InChI=1S/C10H16N2O2S2/c13-16(14,10-5-3-7-15-10)12-9-4-1-2-6-11-8-9/h3,5,7,9,11-12H,1-2,4,6,8H2. The lowest BCUT2D eigenvalue weighted by molar-refractivity contribution is 0.522. The van der Waals surface area contributed by atoms with Gasteiger partial charge in [0.1, 0.15) is 4.21 Å². The summed E-state index contributed by atoms with van der Waals surface area (Å²) in [6.45, 7) is 1.71. The second-order valence-corrected chi connectivity index (χ2v) is 6.84. The summed E-state index contributed by atoms with van der Waals surface area (Å²) in [5.74, 6) is 0. The Kier molecular flexibility index (Phi) is 3.96. The van der Waals surface area contributed by atoms with Gasteiger partial charge in [-0.25, -0.2) is 13.1 Å². The third-order valence-electron chi connectivity index (χ3n) is 2.63. The molecule has 2 heterocycles. The van der Waals surface area contributed by atoms with E-state index < -0.39 is 10.0 Å². The topological polar surface area (TPSA) is 58.2 Å². The molecule has 1 unspecified atom stereocenters. The fourth-order valence-corrected chi connectivity index (χ4v) is 4.09. The van der Waals surface area contributed by atoms with Gasteiger partial charge in [0, 0.05) is 12.6 Å². The molecule has 0 aromatic carbocycles. The highest BCUT2D eigenvalue weighted by Crippen LogP contribution is 2.17. The summed E-state index contributed by atoms with van der Waals surface area (Å²) in [5.41, 5.74) is 0. The molecule has 0 aliphatic carbocycles. The lowest BCUT2D eigenvalue weighted by Gasteiger charge is -2.15. The van der Waals surface area contributed by atoms with Crippen molar-refractivity contribution in [3.8, 4) is 0 Å². The van der Waals surface area contributed by atoms with Crippen molar-refractivity contribution in [1.29, 1.82) is 0 Å². The van der Waals surface area contributed by atoms with Crippen molar-refractivity contribution < 1.29 is 8.42 Å². The Morgan fingerprint density at radius 3 is 3.06 bits per heavy atom. The molecule has 1 aromatic rings. The molecule has 1 aromatic heterocycles.